The molecule has 0 fully saturated rings. The molecule has 45 heavy (non-hydrogen) atoms. The highest BCUT2D eigenvalue weighted by Crippen LogP contribution is 2.50. The number of carbonyl (C=O) groups excluding carboxylic acids is 3. The maximum absolute atomic E-state index is 13.9. The van der Waals surface area contributed by atoms with Crippen molar-refractivity contribution in [3.63, 3.8) is 0 Å². The van der Waals surface area contributed by atoms with E-state index in [2.05, 4.69) is 16.0 Å². The topological polar surface area (TPSA) is 132 Å². The first-order chi connectivity index (χ1) is 21.5. The lowest BCUT2D eigenvalue weighted by molar-refractivity contribution is -0.120. The molecule has 0 aromatic heterocycles. The summed E-state index contributed by atoms with van der Waals surface area (Å²) < 4.78 is 17.1. The molecule has 3 aromatic carbocycles. The zero-order valence-electron chi connectivity index (χ0n) is 26.8. The molecule has 0 bridgehead atoms. The zero-order valence-corrected chi connectivity index (χ0v) is 26.8. The van der Waals surface area contributed by atoms with Crippen LogP contribution in [0.1, 0.15) is 68.1 Å². The van der Waals surface area contributed by atoms with Crippen LogP contribution >= 0.6 is 0 Å². The number of methoxy groups -OCH3 is 3. The molecule has 0 saturated carbocycles. The van der Waals surface area contributed by atoms with E-state index in [1.54, 1.807) is 44.6 Å². The van der Waals surface area contributed by atoms with Gasteiger partial charge in [-0.25, -0.2) is 0 Å². The van der Waals surface area contributed by atoms with Crippen LogP contribution in [-0.2, 0) is 16.0 Å². The number of hydrogen-bond donors (Lipinski definition) is 3. The molecule has 1 aliphatic carbocycles. The minimum Gasteiger partial charge on any atom is -0.493 e. The van der Waals surface area contributed by atoms with Crippen molar-refractivity contribution < 1.29 is 28.6 Å². The third-order valence-corrected chi connectivity index (χ3v) is 8.26. The van der Waals surface area contributed by atoms with Gasteiger partial charge < -0.3 is 30.2 Å². The molecule has 3 N–H and O–H groups in total. The van der Waals surface area contributed by atoms with E-state index in [1.807, 2.05) is 26.0 Å². The van der Waals surface area contributed by atoms with Crippen LogP contribution < -0.4 is 35.6 Å². The first-order valence-electron chi connectivity index (χ1n) is 15.0. The van der Waals surface area contributed by atoms with Crippen LogP contribution in [0.2, 0.25) is 0 Å². The van der Waals surface area contributed by atoms with Gasteiger partial charge in [0.25, 0.3) is 0 Å². The highest BCUT2D eigenvalue weighted by molar-refractivity contribution is 5.99. The minimum atomic E-state index is -0.761. The van der Waals surface area contributed by atoms with Gasteiger partial charge in [0, 0.05) is 23.7 Å². The number of benzene rings is 2. The molecule has 0 spiro atoms. The largest absolute Gasteiger partial charge is 0.493 e. The number of ketones is 1. The van der Waals surface area contributed by atoms with Gasteiger partial charge in [0.2, 0.25) is 23.0 Å². The molecule has 10 nitrogen and oxygen atoms in total. The lowest BCUT2D eigenvalue weighted by atomic mass is 9.95. The van der Waals surface area contributed by atoms with Crippen molar-refractivity contribution in [2.24, 2.45) is 5.92 Å². The fourth-order valence-corrected chi connectivity index (χ4v) is 5.73. The molecule has 10 heteroatoms. The van der Waals surface area contributed by atoms with Crippen molar-refractivity contribution in [3.05, 3.63) is 75.4 Å². The molecule has 0 saturated heterocycles. The first-order valence-corrected chi connectivity index (χ1v) is 15.0. The van der Waals surface area contributed by atoms with E-state index in [9.17, 15) is 19.2 Å². The van der Waals surface area contributed by atoms with E-state index in [0.717, 1.165) is 11.1 Å². The van der Waals surface area contributed by atoms with Crippen molar-refractivity contribution in [2.45, 2.75) is 59.0 Å². The molecule has 3 aromatic rings. The molecule has 0 aliphatic heterocycles. The number of Topliss-reactive ketones (excluding diaryl/α,β-unsaturated/α-hetero) is 1. The maximum atomic E-state index is 13.9. The smallest absolute Gasteiger partial charge is 0.247 e. The Kier molecular flexibility index (Phi) is 10.5. The Morgan fingerprint density at radius 2 is 1.69 bits per heavy atom. The number of nitrogens with one attached hydrogen (secondary N) is 3. The van der Waals surface area contributed by atoms with Crippen molar-refractivity contribution in [1.82, 2.24) is 5.32 Å². The number of anilines is 2. The van der Waals surface area contributed by atoms with Crippen molar-refractivity contribution in [1.29, 1.82) is 0 Å². The van der Waals surface area contributed by atoms with Crippen molar-refractivity contribution in [3.8, 4) is 28.4 Å². The van der Waals surface area contributed by atoms with Gasteiger partial charge in [-0.15, -0.1) is 0 Å². The summed E-state index contributed by atoms with van der Waals surface area (Å²) >= 11 is 0. The average Bonchev–Trinajstić information content (AvgIpc) is 3.26. The number of carbonyl (C=O) groups is 3. The second kappa shape index (κ2) is 14.3. The molecule has 238 valence electrons. The number of hydrogen-bond acceptors (Lipinski definition) is 8. The standard InChI is InChI=1S/C35H41N3O7/c1-8-19(2)32(35(42)37-24-11-9-10-22(16-24)20(3)39)38-28-15-13-25-26(18-29(28)41)27(36-21(4)40)14-12-23-17-30(43-5)33(44-6)34(45-7)31(23)25/h9-11,13,15-19,27,32H,8,12,14H2,1-7H3,(H,36,40)(H,37,42)(H,38,41). The number of fused-ring (bicyclic) bond motifs is 3. The monoisotopic (exact) mass is 615 g/mol. The van der Waals surface area contributed by atoms with Gasteiger partial charge >= 0.3 is 0 Å². The predicted molar refractivity (Wildman–Crippen MR) is 175 cm³/mol. The fraction of sp³-hybridized carbons (Fsp3) is 0.371. The highest BCUT2D eigenvalue weighted by Gasteiger charge is 2.30. The maximum Gasteiger partial charge on any atom is 0.247 e. The van der Waals surface area contributed by atoms with Gasteiger partial charge in [0.1, 0.15) is 6.04 Å². The Labute approximate surface area is 263 Å². The number of aryl methyl sites for hydroxylation is 1. The average molecular weight is 616 g/mol. The molecule has 2 amide bonds. The Balaban J connectivity index is 1.84. The van der Waals surface area contributed by atoms with Crippen molar-refractivity contribution >= 4 is 29.0 Å². The van der Waals surface area contributed by atoms with E-state index in [-0.39, 0.29) is 34.6 Å². The second-order valence-electron chi connectivity index (χ2n) is 11.2. The fourth-order valence-electron chi connectivity index (χ4n) is 5.73. The molecular formula is C35H41N3O7. The van der Waals surface area contributed by atoms with E-state index in [4.69, 9.17) is 14.2 Å². The summed E-state index contributed by atoms with van der Waals surface area (Å²) in [4.78, 5) is 51.6. The molecule has 3 atom stereocenters. The van der Waals surface area contributed by atoms with Crippen LogP contribution in [0.5, 0.6) is 17.2 Å². The lowest BCUT2D eigenvalue weighted by Gasteiger charge is -2.24. The van der Waals surface area contributed by atoms with Gasteiger partial charge in [-0.05, 0) is 72.7 Å². The Hall–Kier alpha value is -4.86. The van der Waals surface area contributed by atoms with E-state index in [0.29, 0.717) is 58.9 Å². The van der Waals surface area contributed by atoms with Gasteiger partial charge in [0.15, 0.2) is 17.3 Å². The Bertz CT molecular complexity index is 1670. The lowest BCUT2D eigenvalue weighted by Crippen LogP contribution is -2.40. The first kappa shape index (κ1) is 33.0. The quantitative estimate of drug-likeness (QED) is 0.240. The summed E-state index contributed by atoms with van der Waals surface area (Å²) in [6.07, 6.45) is 1.77. The molecular weight excluding hydrogens is 574 g/mol. The summed E-state index contributed by atoms with van der Waals surface area (Å²) in [5, 5.41) is 9.11. The third-order valence-electron chi connectivity index (χ3n) is 8.26. The van der Waals surface area contributed by atoms with Crippen molar-refractivity contribution in [2.75, 3.05) is 32.0 Å². The summed E-state index contributed by atoms with van der Waals surface area (Å²) in [5.74, 6) is 0.564. The Morgan fingerprint density at radius 1 is 0.956 bits per heavy atom. The SMILES string of the molecule is CCC(C)C(Nc1ccc2c(cc1=O)C(NC(C)=O)CCc1cc(OC)c(OC)c(OC)c1-2)C(=O)Nc1cccc(C(C)=O)c1. The predicted octanol–water partition coefficient (Wildman–Crippen LogP) is 5.53. The van der Waals surface area contributed by atoms with Gasteiger partial charge in [-0.2, -0.15) is 0 Å². The minimum absolute atomic E-state index is 0.109. The third kappa shape index (κ3) is 7.11. The van der Waals surface area contributed by atoms with E-state index < -0.39 is 12.1 Å². The molecule has 1 aliphatic rings. The zero-order chi connectivity index (χ0) is 32.8. The van der Waals surface area contributed by atoms with Gasteiger partial charge in [0.05, 0.1) is 33.1 Å². The van der Waals surface area contributed by atoms with Gasteiger partial charge in [-0.1, -0.05) is 38.5 Å². The summed E-state index contributed by atoms with van der Waals surface area (Å²) in [6, 6.07) is 12.4. The van der Waals surface area contributed by atoms with Gasteiger partial charge in [-0.3, -0.25) is 19.2 Å². The summed E-state index contributed by atoms with van der Waals surface area (Å²) in [7, 11) is 4.63. The van der Waals surface area contributed by atoms with E-state index in [1.165, 1.54) is 27.0 Å². The molecule has 0 radical (unpaired) electrons. The molecule has 3 unspecified atom stereocenters. The number of rotatable bonds is 11. The Morgan fingerprint density at radius 3 is 2.31 bits per heavy atom. The van der Waals surface area contributed by atoms with Crippen LogP contribution in [0.3, 0.4) is 0 Å². The number of ether oxygens (including phenoxy) is 3. The van der Waals surface area contributed by atoms with Crippen LogP contribution in [0.4, 0.5) is 11.4 Å². The normalized spacial score (nSPS) is 14.9. The van der Waals surface area contributed by atoms with E-state index >= 15 is 0 Å². The number of amides is 2. The van der Waals surface area contributed by atoms with Crippen LogP contribution in [-0.4, -0.2) is 45.0 Å². The highest BCUT2D eigenvalue weighted by atomic mass is 16.5. The van der Waals surface area contributed by atoms with Crippen LogP contribution in [0.15, 0.2) is 53.3 Å². The van der Waals surface area contributed by atoms with Crippen LogP contribution in [0, 0.1) is 5.92 Å². The molecule has 4 rings (SSSR count). The summed E-state index contributed by atoms with van der Waals surface area (Å²) in [5.41, 5.74) is 3.82. The summed E-state index contributed by atoms with van der Waals surface area (Å²) in [6.45, 7) is 6.81. The van der Waals surface area contributed by atoms with Crippen LogP contribution in [0.25, 0.3) is 11.1 Å². The molecule has 0 heterocycles. The second-order valence-corrected chi connectivity index (χ2v) is 11.2.